The van der Waals surface area contributed by atoms with Crippen LogP contribution in [0.2, 0.25) is 10.0 Å². The summed E-state index contributed by atoms with van der Waals surface area (Å²) in [6.07, 6.45) is 4.14. The molecule has 6 heteroatoms. The van der Waals surface area contributed by atoms with Crippen LogP contribution < -0.4 is 10.1 Å². The molecule has 1 aliphatic heterocycles. The first kappa shape index (κ1) is 22.2. The summed E-state index contributed by atoms with van der Waals surface area (Å²) < 4.78 is 6.25. The number of dihydropyridines is 1. The Bertz CT molecular complexity index is 1170. The highest BCUT2D eigenvalue weighted by Crippen LogP contribution is 2.49. The summed E-state index contributed by atoms with van der Waals surface area (Å²) in [5.41, 5.74) is 6.03. The van der Waals surface area contributed by atoms with Crippen molar-refractivity contribution in [1.29, 1.82) is 0 Å². The molecule has 0 saturated heterocycles. The van der Waals surface area contributed by atoms with E-state index in [2.05, 4.69) is 5.32 Å². The van der Waals surface area contributed by atoms with Crippen LogP contribution in [0.25, 0.3) is 0 Å². The lowest BCUT2D eigenvalue weighted by atomic mass is 9.71. The zero-order valence-corrected chi connectivity index (χ0v) is 20.0. The largest absolute Gasteiger partial charge is 0.487 e. The summed E-state index contributed by atoms with van der Waals surface area (Å²) in [6.45, 7) is 2.36. The summed E-state index contributed by atoms with van der Waals surface area (Å²) in [4.78, 5) is 26.3. The van der Waals surface area contributed by atoms with Crippen molar-refractivity contribution in [3.63, 3.8) is 0 Å². The van der Waals surface area contributed by atoms with E-state index in [0.717, 1.165) is 42.6 Å². The van der Waals surface area contributed by atoms with Gasteiger partial charge in [0.25, 0.3) is 0 Å². The Morgan fingerprint density at radius 1 is 0.909 bits per heavy atom. The van der Waals surface area contributed by atoms with Gasteiger partial charge in [0.15, 0.2) is 11.6 Å². The average Bonchev–Trinajstić information content (AvgIpc) is 2.78. The third-order valence-electron chi connectivity index (χ3n) is 6.64. The molecule has 0 amide bonds. The second-order valence-corrected chi connectivity index (χ2v) is 9.82. The molecule has 0 saturated carbocycles. The number of hydrogen-bond donors (Lipinski definition) is 1. The lowest BCUT2D eigenvalue weighted by Gasteiger charge is -2.37. The number of ketones is 2. The summed E-state index contributed by atoms with van der Waals surface area (Å²) in [5, 5.41) is 4.27. The van der Waals surface area contributed by atoms with Crippen LogP contribution in [-0.2, 0) is 16.2 Å². The van der Waals surface area contributed by atoms with Gasteiger partial charge in [0.1, 0.15) is 12.4 Å². The predicted octanol–water partition coefficient (Wildman–Crippen LogP) is 6.58. The van der Waals surface area contributed by atoms with Crippen LogP contribution >= 0.6 is 23.2 Å². The van der Waals surface area contributed by atoms with E-state index in [1.165, 1.54) is 5.56 Å². The molecule has 3 aliphatic rings. The molecule has 0 radical (unpaired) electrons. The van der Waals surface area contributed by atoms with E-state index in [0.29, 0.717) is 52.0 Å². The highest BCUT2D eigenvalue weighted by Gasteiger charge is 2.41. The molecular weight excluding hydrogens is 457 g/mol. The molecular formula is C27H25Cl2NO3. The fraction of sp³-hybridized carbons (Fsp3) is 0.333. The van der Waals surface area contributed by atoms with Crippen molar-refractivity contribution in [2.75, 3.05) is 0 Å². The van der Waals surface area contributed by atoms with Crippen molar-refractivity contribution >= 4 is 34.8 Å². The van der Waals surface area contributed by atoms with Crippen molar-refractivity contribution in [3.05, 3.63) is 85.7 Å². The molecule has 0 fully saturated rings. The molecule has 0 aromatic heterocycles. The maximum absolute atomic E-state index is 13.1. The summed E-state index contributed by atoms with van der Waals surface area (Å²) >= 11 is 13.1. The minimum Gasteiger partial charge on any atom is -0.487 e. The van der Waals surface area contributed by atoms with Crippen molar-refractivity contribution in [2.24, 2.45) is 0 Å². The zero-order valence-electron chi connectivity index (χ0n) is 18.5. The second kappa shape index (κ2) is 9.00. The molecule has 0 unspecified atom stereocenters. The van der Waals surface area contributed by atoms with E-state index in [4.69, 9.17) is 27.9 Å². The van der Waals surface area contributed by atoms with E-state index in [-0.39, 0.29) is 11.6 Å². The topological polar surface area (TPSA) is 55.4 Å². The van der Waals surface area contributed by atoms with Crippen LogP contribution in [0.1, 0.15) is 61.1 Å². The summed E-state index contributed by atoms with van der Waals surface area (Å²) in [5.74, 6) is 0.101. The number of carbonyl (C=O) groups excluding carboxylic acids is 2. The van der Waals surface area contributed by atoms with Gasteiger partial charge in [-0.3, -0.25) is 9.59 Å². The minimum absolute atomic E-state index is 0.0688. The van der Waals surface area contributed by atoms with Gasteiger partial charge in [0, 0.05) is 51.9 Å². The molecule has 2 aromatic carbocycles. The number of aryl methyl sites for hydroxylation is 1. The number of rotatable bonds is 4. The van der Waals surface area contributed by atoms with Crippen LogP contribution in [0.5, 0.6) is 5.75 Å². The first-order valence-corrected chi connectivity index (χ1v) is 12.1. The highest BCUT2D eigenvalue weighted by atomic mass is 35.5. The van der Waals surface area contributed by atoms with E-state index in [1.807, 2.05) is 31.2 Å². The zero-order chi connectivity index (χ0) is 23.1. The van der Waals surface area contributed by atoms with Crippen molar-refractivity contribution in [3.8, 4) is 5.75 Å². The van der Waals surface area contributed by atoms with E-state index >= 15 is 0 Å². The normalized spacial score (nSPS) is 18.8. The Hall–Kier alpha value is -2.56. The average molecular weight is 482 g/mol. The van der Waals surface area contributed by atoms with Gasteiger partial charge in [-0.05, 0) is 50.3 Å². The quantitative estimate of drug-likeness (QED) is 0.535. The Morgan fingerprint density at radius 2 is 1.52 bits per heavy atom. The number of nitrogens with one attached hydrogen (secondary N) is 1. The van der Waals surface area contributed by atoms with Crippen LogP contribution in [0, 0.1) is 6.92 Å². The number of Topliss-reactive ketones (excluding diaryl/α,β-unsaturated/α-hetero) is 2. The fourth-order valence-electron chi connectivity index (χ4n) is 5.08. The van der Waals surface area contributed by atoms with Gasteiger partial charge < -0.3 is 10.1 Å². The molecule has 33 heavy (non-hydrogen) atoms. The fourth-order valence-corrected chi connectivity index (χ4v) is 5.64. The Morgan fingerprint density at radius 3 is 2.12 bits per heavy atom. The van der Waals surface area contributed by atoms with Crippen LogP contribution in [-0.4, -0.2) is 11.6 Å². The Labute approximate surface area is 203 Å². The van der Waals surface area contributed by atoms with Gasteiger partial charge >= 0.3 is 0 Å². The smallest absolute Gasteiger partial charge is 0.161 e. The molecule has 170 valence electrons. The van der Waals surface area contributed by atoms with Crippen molar-refractivity contribution in [2.45, 2.75) is 58.0 Å². The SMILES string of the molecule is Cc1ccc(COc2c(Cl)cc(Cl)cc2C2C3=C(CCCC3=O)NC3=C2C(=O)CCC3)cc1. The maximum atomic E-state index is 13.1. The van der Waals surface area contributed by atoms with E-state index in [9.17, 15) is 9.59 Å². The Balaban J connectivity index is 1.63. The number of hydrogen-bond acceptors (Lipinski definition) is 4. The monoisotopic (exact) mass is 481 g/mol. The number of ether oxygens (including phenoxy) is 1. The molecule has 4 nitrogen and oxygen atoms in total. The van der Waals surface area contributed by atoms with Crippen LogP contribution in [0.15, 0.2) is 58.9 Å². The molecule has 1 heterocycles. The van der Waals surface area contributed by atoms with Gasteiger partial charge in [0.2, 0.25) is 0 Å². The van der Waals surface area contributed by atoms with Gasteiger partial charge in [-0.1, -0.05) is 53.0 Å². The van der Waals surface area contributed by atoms with Crippen molar-refractivity contribution in [1.82, 2.24) is 5.32 Å². The first-order valence-electron chi connectivity index (χ1n) is 11.4. The van der Waals surface area contributed by atoms with Gasteiger partial charge in [-0.25, -0.2) is 0 Å². The van der Waals surface area contributed by atoms with Crippen LogP contribution in [0.4, 0.5) is 0 Å². The minimum atomic E-state index is -0.513. The number of allylic oxidation sites excluding steroid dienone is 4. The van der Waals surface area contributed by atoms with E-state index in [1.54, 1.807) is 12.1 Å². The molecule has 2 aliphatic carbocycles. The number of benzene rings is 2. The van der Waals surface area contributed by atoms with Gasteiger partial charge in [0.05, 0.1) is 5.02 Å². The lowest BCUT2D eigenvalue weighted by Crippen LogP contribution is -2.36. The standard InChI is InChI=1S/C27H25Cl2NO3/c1-15-8-10-16(11-9-15)14-33-27-18(12-17(28)13-19(27)29)24-25-20(4-2-6-22(25)31)30-21-5-3-7-23(32)26(21)24/h8-13,24,30H,2-7,14H2,1H3. The third kappa shape index (κ3) is 4.22. The molecule has 0 spiro atoms. The first-order chi connectivity index (χ1) is 15.9. The number of carbonyl (C=O) groups is 2. The van der Waals surface area contributed by atoms with E-state index < -0.39 is 5.92 Å². The highest BCUT2D eigenvalue weighted by molar-refractivity contribution is 6.35. The molecule has 5 rings (SSSR count). The lowest BCUT2D eigenvalue weighted by molar-refractivity contribution is -0.116. The van der Waals surface area contributed by atoms with Crippen molar-refractivity contribution < 1.29 is 14.3 Å². The molecule has 2 aromatic rings. The second-order valence-electron chi connectivity index (χ2n) is 8.98. The molecule has 1 N–H and O–H groups in total. The van der Waals surface area contributed by atoms with Gasteiger partial charge in [-0.15, -0.1) is 0 Å². The maximum Gasteiger partial charge on any atom is 0.161 e. The third-order valence-corrected chi connectivity index (χ3v) is 7.14. The Kier molecular flexibility index (Phi) is 6.07. The summed E-state index contributed by atoms with van der Waals surface area (Å²) in [7, 11) is 0. The molecule has 0 atom stereocenters. The predicted molar refractivity (Wildman–Crippen MR) is 130 cm³/mol. The summed E-state index contributed by atoms with van der Waals surface area (Å²) in [6, 6.07) is 11.5. The van der Waals surface area contributed by atoms with Crippen LogP contribution in [0.3, 0.4) is 0 Å². The van der Waals surface area contributed by atoms with Gasteiger partial charge in [-0.2, -0.15) is 0 Å². The number of halogens is 2. The molecule has 0 bridgehead atoms.